The van der Waals surface area contributed by atoms with Gasteiger partial charge in [-0.1, -0.05) is 0 Å². The lowest BCUT2D eigenvalue weighted by Gasteiger charge is -2.41. The fourth-order valence-electron chi connectivity index (χ4n) is 1.56. The van der Waals surface area contributed by atoms with Gasteiger partial charge in [0, 0.05) is 6.16 Å². The molecule has 96 valence electrons. The summed E-state index contributed by atoms with van der Waals surface area (Å²) in [5.41, 5.74) is 0. The Morgan fingerprint density at radius 1 is 1.12 bits per heavy atom. The van der Waals surface area contributed by atoms with Crippen LogP contribution in [-0.2, 0) is 9.30 Å². The minimum atomic E-state index is -4.66. The number of hydrogen-bond donors (Lipinski definition) is 5. The lowest BCUT2D eigenvalue weighted by molar-refractivity contribution is -0.231. The monoisotopic (exact) mass is 257 g/mol. The van der Waals surface area contributed by atoms with Crippen molar-refractivity contribution in [3.63, 3.8) is 0 Å². The molecule has 0 saturated carbocycles. The molecular weight excluding hydrogens is 243 g/mol. The fraction of sp³-hybridized carbons (Fsp3) is 1.00. The van der Waals surface area contributed by atoms with E-state index in [0.29, 0.717) is 0 Å². The lowest BCUT2D eigenvalue weighted by Crippen LogP contribution is -2.59. The zero-order chi connectivity index (χ0) is 12.5. The normalized spacial score (nSPS) is 44.0. The quantitative estimate of drug-likeness (QED) is 0.325. The zero-order valence-corrected chi connectivity index (χ0v) is 9.10. The van der Waals surface area contributed by atoms with E-state index in [9.17, 15) is 24.8 Å². The van der Waals surface area contributed by atoms with Crippen LogP contribution in [0.25, 0.3) is 0 Å². The number of aliphatic hydroxyl groups is 4. The van der Waals surface area contributed by atoms with E-state index in [4.69, 9.17) is 14.7 Å². The number of hydrogen-bond acceptors (Lipinski definition) is 7. The van der Waals surface area contributed by atoms with Gasteiger partial charge < -0.3 is 39.5 Å². The van der Waals surface area contributed by atoms with Gasteiger partial charge in [0.1, 0.15) is 32.0 Å². The van der Waals surface area contributed by atoms with Crippen LogP contribution in [0.15, 0.2) is 0 Å². The average Bonchev–Trinajstić information content (AvgIpc) is 2.17. The van der Waals surface area contributed by atoms with Gasteiger partial charge in [-0.25, -0.2) is 0 Å². The Morgan fingerprint density at radius 3 is 2.06 bits per heavy atom. The van der Waals surface area contributed by atoms with Crippen molar-refractivity contribution in [1.29, 1.82) is 0 Å². The Kier molecular flexibility index (Phi) is 4.44. The highest BCUT2D eigenvalue weighted by Gasteiger charge is 2.44. The third-order valence-corrected chi connectivity index (χ3v) is 3.22. The van der Waals surface area contributed by atoms with Crippen molar-refractivity contribution in [2.75, 3.05) is 12.8 Å². The maximum Gasteiger partial charge on any atom is 0.135 e. The second-order valence-electron chi connectivity index (χ2n) is 3.69. The van der Waals surface area contributed by atoms with Gasteiger partial charge in [-0.2, -0.15) is 0 Å². The smallest absolute Gasteiger partial charge is 0.135 e. The highest BCUT2D eigenvalue weighted by atomic mass is 31.2. The Morgan fingerprint density at radius 2 is 1.62 bits per heavy atom. The molecule has 5 N–H and O–H groups in total. The molecule has 1 aliphatic rings. The van der Waals surface area contributed by atoms with E-state index in [1.165, 1.54) is 0 Å². The predicted molar refractivity (Wildman–Crippen MR) is 48.5 cm³/mol. The van der Waals surface area contributed by atoms with E-state index in [0.717, 1.165) is 0 Å². The van der Waals surface area contributed by atoms with E-state index < -0.39 is 50.9 Å². The molecule has 1 rings (SSSR count). The summed E-state index contributed by atoms with van der Waals surface area (Å²) in [5.74, 6) is 0. The molecule has 1 fully saturated rings. The molecule has 1 unspecified atom stereocenters. The van der Waals surface area contributed by atoms with Crippen molar-refractivity contribution in [2.24, 2.45) is 0 Å². The van der Waals surface area contributed by atoms with Gasteiger partial charge in [-0.3, -0.25) is 0 Å². The van der Waals surface area contributed by atoms with Crippen LogP contribution in [0.5, 0.6) is 0 Å². The SMILES string of the molecule is O=P([O-])(O)C[C@H]1O[C@H](CO)[C@@H](O)[C@H](O)[C@H]1O. The first-order valence-corrected chi connectivity index (χ1v) is 6.36. The molecule has 16 heavy (non-hydrogen) atoms. The molecule has 0 spiro atoms. The lowest BCUT2D eigenvalue weighted by atomic mass is 9.96. The van der Waals surface area contributed by atoms with Crippen LogP contribution in [0, 0.1) is 0 Å². The summed E-state index contributed by atoms with van der Waals surface area (Å²) in [6.07, 6.45) is -8.27. The van der Waals surface area contributed by atoms with Gasteiger partial charge in [-0.05, 0) is 0 Å². The van der Waals surface area contributed by atoms with Gasteiger partial charge in [-0.15, -0.1) is 0 Å². The van der Waals surface area contributed by atoms with Crippen molar-refractivity contribution < 1.29 is 39.5 Å². The van der Waals surface area contributed by atoms with E-state index in [-0.39, 0.29) is 0 Å². The minimum absolute atomic E-state index is 0.643. The second kappa shape index (κ2) is 5.07. The topological polar surface area (TPSA) is 151 Å². The molecule has 0 aromatic carbocycles. The van der Waals surface area contributed by atoms with Crippen molar-refractivity contribution in [1.82, 2.24) is 0 Å². The first-order chi connectivity index (χ1) is 7.26. The Labute approximate surface area is 91.3 Å². The van der Waals surface area contributed by atoms with Crippen molar-refractivity contribution in [2.45, 2.75) is 30.5 Å². The Balaban J connectivity index is 2.75. The van der Waals surface area contributed by atoms with Gasteiger partial charge >= 0.3 is 0 Å². The highest BCUT2D eigenvalue weighted by Crippen LogP contribution is 2.34. The van der Waals surface area contributed by atoms with E-state index in [2.05, 4.69) is 0 Å². The molecule has 1 saturated heterocycles. The summed E-state index contributed by atoms with van der Waals surface area (Å²) in [7, 11) is -4.66. The maximum absolute atomic E-state index is 10.6. The first kappa shape index (κ1) is 14.0. The largest absolute Gasteiger partial charge is 0.779 e. The number of rotatable bonds is 3. The average molecular weight is 257 g/mol. The van der Waals surface area contributed by atoms with Crippen LogP contribution in [0.1, 0.15) is 0 Å². The highest BCUT2D eigenvalue weighted by molar-refractivity contribution is 7.50. The molecule has 8 nitrogen and oxygen atoms in total. The molecule has 0 radical (unpaired) electrons. The minimum Gasteiger partial charge on any atom is -0.779 e. The molecule has 0 aromatic rings. The number of ether oxygens (including phenoxy) is 1. The number of aliphatic hydroxyl groups excluding tert-OH is 4. The summed E-state index contributed by atoms with van der Waals surface area (Å²) >= 11 is 0. The molecule has 1 heterocycles. The maximum atomic E-state index is 10.6. The van der Waals surface area contributed by atoms with Crippen molar-refractivity contribution in [3.05, 3.63) is 0 Å². The van der Waals surface area contributed by atoms with Gasteiger partial charge in [0.15, 0.2) is 0 Å². The van der Waals surface area contributed by atoms with Crippen molar-refractivity contribution in [3.8, 4) is 0 Å². The fourth-order valence-corrected chi connectivity index (χ4v) is 2.31. The van der Waals surface area contributed by atoms with Gasteiger partial charge in [0.2, 0.25) is 0 Å². The van der Waals surface area contributed by atoms with Crippen LogP contribution in [0.3, 0.4) is 0 Å². The molecule has 9 heteroatoms. The first-order valence-electron chi connectivity index (χ1n) is 4.59. The van der Waals surface area contributed by atoms with Crippen LogP contribution < -0.4 is 4.89 Å². The molecule has 6 atom stereocenters. The van der Waals surface area contributed by atoms with Crippen LogP contribution in [-0.4, -0.2) is 68.6 Å². The van der Waals surface area contributed by atoms with Gasteiger partial charge in [0.05, 0.1) is 12.7 Å². The van der Waals surface area contributed by atoms with Crippen LogP contribution in [0.2, 0.25) is 0 Å². The van der Waals surface area contributed by atoms with E-state index in [1.54, 1.807) is 0 Å². The molecular formula is C7H14O8P-. The molecule has 1 aliphatic heterocycles. The van der Waals surface area contributed by atoms with Crippen LogP contribution >= 0.6 is 7.60 Å². The molecule has 0 bridgehead atoms. The molecule has 0 aliphatic carbocycles. The van der Waals surface area contributed by atoms with E-state index >= 15 is 0 Å². The zero-order valence-electron chi connectivity index (χ0n) is 8.21. The summed E-state index contributed by atoms with van der Waals surface area (Å²) < 4.78 is 15.5. The standard InChI is InChI=1S/C7H15O8P/c8-1-3-5(9)7(11)6(10)4(15-3)2-16(12,13)14/h3-11H,1-2H2,(H2,12,13,14)/p-1/t3-,4-,5-,6+,7+/m1/s1. The van der Waals surface area contributed by atoms with Gasteiger partial charge in [0.25, 0.3) is 0 Å². The summed E-state index contributed by atoms with van der Waals surface area (Å²) in [6.45, 7) is -0.643. The summed E-state index contributed by atoms with van der Waals surface area (Å²) in [5, 5.41) is 36.9. The summed E-state index contributed by atoms with van der Waals surface area (Å²) in [6, 6.07) is 0. The summed E-state index contributed by atoms with van der Waals surface area (Å²) in [4.78, 5) is 19.2. The van der Waals surface area contributed by atoms with Crippen LogP contribution in [0.4, 0.5) is 0 Å². The van der Waals surface area contributed by atoms with E-state index in [1.807, 2.05) is 0 Å². The predicted octanol–water partition coefficient (Wildman–Crippen LogP) is -3.63. The van der Waals surface area contributed by atoms with Crippen molar-refractivity contribution >= 4 is 7.60 Å². The molecule has 0 aromatic heterocycles. The molecule has 0 amide bonds. The Bertz CT molecular complexity index is 276. The third-order valence-electron chi connectivity index (χ3n) is 2.40. The third kappa shape index (κ3) is 3.22. The Hall–Kier alpha value is -0.0500. The second-order valence-corrected chi connectivity index (χ2v) is 5.33.